The molecular weight excluding hydrogens is 148 g/mol. The molecule has 0 heterocycles. The lowest BCUT2D eigenvalue weighted by molar-refractivity contribution is 0.0796. The molecule has 0 bridgehead atoms. The van der Waals surface area contributed by atoms with E-state index >= 15 is 0 Å². The highest BCUT2D eigenvalue weighted by molar-refractivity contribution is 4.79. The summed E-state index contributed by atoms with van der Waals surface area (Å²) in [6.45, 7) is 10.00. The molecule has 0 amide bonds. The van der Waals surface area contributed by atoms with Crippen LogP contribution in [0.4, 0.5) is 0 Å². The highest BCUT2D eigenvalue weighted by Gasteiger charge is 2.19. The van der Waals surface area contributed by atoms with Crippen molar-refractivity contribution in [3.63, 3.8) is 0 Å². The lowest BCUT2D eigenvalue weighted by atomic mass is 9.86. The summed E-state index contributed by atoms with van der Waals surface area (Å²) in [5.74, 6) is 0.931. The van der Waals surface area contributed by atoms with Crippen LogP contribution in [0.2, 0.25) is 0 Å². The molecule has 0 radical (unpaired) electrons. The van der Waals surface area contributed by atoms with Gasteiger partial charge in [-0.3, -0.25) is 0 Å². The van der Waals surface area contributed by atoms with Crippen LogP contribution >= 0.6 is 0 Å². The van der Waals surface area contributed by atoms with Gasteiger partial charge < -0.3 is 5.11 Å². The van der Waals surface area contributed by atoms with Crippen molar-refractivity contribution in [3.8, 4) is 0 Å². The van der Waals surface area contributed by atoms with Crippen LogP contribution in [0.15, 0.2) is 12.7 Å². The first-order valence-electron chi connectivity index (χ1n) is 4.42. The normalized spacial score (nSPS) is 15.1. The Balaban J connectivity index is 0. The van der Waals surface area contributed by atoms with Crippen molar-refractivity contribution in [1.82, 2.24) is 0 Å². The van der Waals surface area contributed by atoms with E-state index in [1.54, 1.807) is 0 Å². The summed E-state index contributed by atoms with van der Waals surface area (Å²) in [4.78, 5) is 0. The van der Waals surface area contributed by atoms with E-state index < -0.39 is 0 Å². The zero-order chi connectivity index (χ0) is 8.85. The first-order chi connectivity index (χ1) is 5.13. The van der Waals surface area contributed by atoms with Crippen molar-refractivity contribution >= 4 is 0 Å². The molecule has 74 valence electrons. The third kappa shape index (κ3) is 4.55. The minimum atomic E-state index is -0.159. The lowest BCUT2D eigenvalue weighted by Crippen LogP contribution is -2.23. The van der Waals surface area contributed by atoms with Gasteiger partial charge in [0, 0.05) is 0 Å². The molecule has 0 saturated heterocycles. The van der Waals surface area contributed by atoms with Crippen LogP contribution in [0.1, 0.15) is 41.0 Å². The molecule has 0 aromatic heterocycles. The smallest absolute Gasteiger partial charge is 0.0571 e. The topological polar surface area (TPSA) is 20.2 Å². The maximum absolute atomic E-state index is 9.57. The largest absolute Gasteiger partial charge is 0.393 e. The zero-order valence-corrected chi connectivity index (χ0v) is 7.88. The second-order valence-corrected chi connectivity index (χ2v) is 3.41. The van der Waals surface area contributed by atoms with E-state index in [4.69, 9.17) is 0 Å². The third-order valence-corrected chi connectivity index (χ3v) is 2.21. The Bertz CT molecular complexity index is 108. The second-order valence-electron chi connectivity index (χ2n) is 3.41. The van der Waals surface area contributed by atoms with Gasteiger partial charge in [-0.15, -0.1) is 6.58 Å². The van der Waals surface area contributed by atoms with Crippen molar-refractivity contribution in [1.29, 1.82) is 0 Å². The van der Waals surface area contributed by atoms with Crippen molar-refractivity contribution in [2.45, 2.75) is 47.1 Å². The van der Waals surface area contributed by atoms with E-state index in [1.807, 2.05) is 13.0 Å². The molecule has 0 aromatic rings. The van der Waals surface area contributed by atoms with Gasteiger partial charge in [-0.2, -0.15) is 0 Å². The predicted octanol–water partition coefficient (Wildman–Crippen LogP) is 3.24. The molecule has 0 aliphatic heterocycles. The average Bonchev–Trinajstić information content (AvgIpc) is 1.98. The quantitative estimate of drug-likeness (QED) is 0.631. The number of rotatable bonds is 5. The van der Waals surface area contributed by atoms with E-state index in [2.05, 4.69) is 20.4 Å². The van der Waals surface area contributed by atoms with Crippen LogP contribution < -0.4 is 0 Å². The number of hydrogen-bond acceptors (Lipinski definition) is 1. The van der Waals surface area contributed by atoms with Crippen LogP contribution in [0, 0.1) is 11.8 Å². The number of aliphatic hydroxyl groups excluding tert-OH is 1. The third-order valence-electron chi connectivity index (χ3n) is 2.21. The van der Waals surface area contributed by atoms with Crippen LogP contribution in [0.3, 0.4) is 0 Å². The van der Waals surface area contributed by atoms with Gasteiger partial charge >= 0.3 is 0 Å². The van der Waals surface area contributed by atoms with E-state index in [0.717, 1.165) is 12.8 Å². The highest BCUT2D eigenvalue weighted by atomic mass is 16.3. The molecule has 0 fully saturated rings. The van der Waals surface area contributed by atoms with Gasteiger partial charge in [0.05, 0.1) is 6.10 Å². The predicted molar refractivity (Wildman–Crippen MR) is 56.2 cm³/mol. The van der Waals surface area contributed by atoms with E-state index in [9.17, 15) is 5.11 Å². The number of aliphatic hydroxyl groups is 1. The van der Waals surface area contributed by atoms with Crippen LogP contribution in [-0.4, -0.2) is 11.2 Å². The first-order valence-corrected chi connectivity index (χ1v) is 4.42. The Morgan fingerprint density at radius 2 is 1.92 bits per heavy atom. The fourth-order valence-electron chi connectivity index (χ4n) is 1.37. The minimum absolute atomic E-state index is 0. The summed E-state index contributed by atoms with van der Waals surface area (Å²) in [6, 6.07) is 0. The summed E-state index contributed by atoms with van der Waals surface area (Å²) in [7, 11) is 0. The number of allylic oxidation sites excluding steroid dienone is 1. The van der Waals surface area contributed by atoms with Crippen molar-refractivity contribution in [3.05, 3.63) is 12.7 Å². The van der Waals surface area contributed by atoms with Gasteiger partial charge in [0.1, 0.15) is 0 Å². The molecular formula is C11H24O. The standard InChI is InChI=1S/C10H20O.CH4/c1-5-7-9(8(3)4)10(11)6-2;/h5,8-11H,1,6-7H2,2-4H3;1H4/t9-,10+;/m1./s1. The lowest BCUT2D eigenvalue weighted by Gasteiger charge is -2.24. The second kappa shape index (κ2) is 7.35. The van der Waals surface area contributed by atoms with E-state index in [0.29, 0.717) is 11.8 Å². The Labute approximate surface area is 77.5 Å². The maximum atomic E-state index is 9.57. The molecule has 0 aliphatic rings. The zero-order valence-electron chi connectivity index (χ0n) is 7.88. The molecule has 0 aliphatic carbocycles. The van der Waals surface area contributed by atoms with E-state index in [1.165, 1.54) is 0 Å². The van der Waals surface area contributed by atoms with Gasteiger partial charge in [0.15, 0.2) is 0 Å². The molecule has 12 heavy (non-hydrogen) atoms. The van der Waals surface area contributed by atoms with Gasteiger partial charge in [-0.25, -0.2) is 0 Å². The van der Waals surface area contributed by atoms with Gasteiger partial charge in [-0.1, -0.05) is 34.3 Å². The molecule has 0 spiro atoms. The Morgan fingerprint density at radius 1 is 1.42 bits per heavy atom. The van der Waals surface area contributed by atoms with Crippen molar-refractivity contribution < 1.29 is 5.11 Å². The van der Waals surface area contributed by atoms with Crippen molar-refractivity contribution in [2.24, 2.45) is 11.8 Å². The minimum Gasteiger partial charge on any atom is -0.393 e. The van der Waals surface area contributed by atoms with Gasteiger partial charge in [0.25, 0.3) is 0 Å². The fraction of sp³-hybridized carbons (Fsp3) is 0.818. The summed E-state index contributed by atoms with van der Waals surface area (Å²) in [6.07, 6.45) is 3.50. The molecule has 0 unspecified atom stereocenters. The van der Waals surface area contributed by atoms with Crippen molar-refractivity contribution in [2.75, 3.05) is 0 Å². The SMILES string of the molecule is C.C=CC[C@H](C(C)C)[C@@H](O)CC. The first kappa shape index (κ1) is 14.2. The molecule has 1 heteroatoms. The summed E-state index contributed by atoms with van der Waals surface area (Å²) < 4.78 is 0. The Kier molecular flexibility index (Phi) is 8.73. The molecule has 0 saturated carbocycles. The molecule has 2 atom stereocenters. The van der Waals surface area contributed by atoms with E-state index in [-0.39, 0.29) is 13.5 Å². The number of hydrogen-bond donors (Lipinski definition) is 1. The Morgan fingerprint density at radius 3 is 2.17 bits per heavy atom. The fourth-order valence-corrected chi connectivity index (χ4v) is 1.37. The molecule has 0 rings (SSSR count). The van der Waals surface area contributed by atoms with Gasteiger partial charge in [0.2, 0.25) is 0 Å². The monoisotopic (exact) mass is 172 g/mol. The van der Waals surface area contributed by atoms with Crippen LogP contribution in [0.25, 0.3) is 0 Å². The summed E-state index contributed by atoms with van der Waals surface area (Å²) >= 11 is 0. The Hall–Kier alpha value is -0.300. The molecule has 1 N–H and O–H groups in total. The summed E-state index contributed by atoms with van der Waals surface area (Å²) in [5.41, 5.74) is 0. The highest BCUT2D eigenvalue weighted by Crippen LogP contribution is 2.21. The average molecular weight is 172 g/mol. The van der Waals surface area contributed by atoms with Crippen LogP contribution in [0.5, 0.6) is 0 Å². The van der Waals surface area contributed by atoms with Gasteiger partial charge in [-0.05, 0) is 24.7 Å². The summed E-state index contributed by atoms with van der Waals surface area (Å²) in [5, 5.41) is 9.57. The molecule has 0 aromatic carbocycles. The van der Waals surface area contributed by atoms with Crippen LogP contribution in [-0.2, 0) is 0 Å². The maximum Gasteiger partial charge on any atom is 0.0571 e. The molecule has 1 nitrogen and oxygen atoms in total.